The Labute approximate surface area is 189 Å². The van der Waals surface area contributed by atoms with Crippen LogP contribution < -0.4 is 15.0 Å². The summed E-state index contributed by atoms with van der Waals surface area (Å²) in [7, 11) is 0. The fourth-order valence-electron chi connectivity index (χ4n) is 5.91. The summed E-state index contributed by atoms with van der Waals surface area (Å²) in [6.07, 6.45) is 2.29. The molecule has 3 aliphatic heterocycles. The lowest BCUT2D eigenvalue weighted by atomic mass is 9.73. The van der Waals surface area contributed by atoms with Crippen LogP contribution >= 0.6 is 23.2 Å². The summed E-state index contributed by atoms with van der Waals surface area (Å²) in [4.78, 5) is 2.76. The molecule has 1 N–H and O–H groups in total. The van der Waals surface area contributed by atoms with Crippen LogP contribution in [0.2, 0.25) is 10.0 Å². The van der Waals surface area contributed by atoms with Gasteiger partial charge in [-0.3, -0.25) is 0 Å². The number of anilines is 1. The van der Waals surface area contributed by atoms with Gasteiger partial charge in [0.15, 0.2) is 0 Å². The number of ether oxygens (including phenoxy) is 1. The van der Waals surface area contributed by atoms with Crippen LogP contribution in [-0.4, -0.2) is 31.3 Å². The van der Waals surface area contributed by atoms with Crippen molar-refractivity contribution in [3.05, 3.63) is 45.9 Å². The van der Waals surface area contributed by atoms with Gasteiger partial charge >= 0.3 is 0 Å². The Kier molecular flexibility index (Phi) is 4.81. The predicted molar refractivity (Wildman–Crippen MR) is 126 cm³/mol. The van der Waals surface area contributed by atoms with Crippen molar-refractivity contribution in [2.45, 2.75) is 58.0 Å². The summed E-state index contributed by atoms with van der Waals surface area (Å²) in [5.41, 5.74) is 5.10. The highest BCUT2D eigenvalue weighted by atomic mass is 35.5. The number of nitrogens with zero attached hydrogens (tertiary/aromatic N) is 1. The van der Waals surface area contributed by atoms with Gasteiger partial charge in [0.2, 0.25) is 0 Å². The van der Waals surface area contributed by atoms with E-state index >= 15 is 0 Å². The minimum absolute atomic E-state index is 0.134. The molecule has 0 aromatic heterocycles. The number of nitrogens with one attached hydrogen (secondary N) is 1. The molecular formula is C25H30Cl2N2O. The van der Waals surface area contributed by atoms with Gasteiger partial charge in [-0.15, -0.1) is 0 Å². The maximum Gasteiger partial charge on any atom is 0.143 e. The van der Waals surface area contributed by atoms with Crippen LogP contribution in [0.5, 0.6) is 5.75 Å². The molecule has 0 spiro atoms. The lowest BCUT2D eigenvalue weighted by Crippen LogP contribution is -2.63. The summed E-state index contributed by atoms with van der Waals surface area (Å²) in [6, 6.07) is 10.6. The van der Waals surface area contributed by atoms with Gasteiger partial charge in [0.05, 0.1) is 11.7 Å². The van der Waals surface area contributed by atoms with Crippen LogP contribution in [0.15, 0.2) is 30.3 Å². The van der Waals surface area contributed by atoms with Crippen LogP contribution in [0, 0.1) is 5.41 Å². The largest absolute Gasteiger partial charge is 0.489 e. The van der Waals surface area contributed by atoms with Gasteiger partial charge < -0.3 is 15.0 Å². The van der Waals surface area contributed by atoms with Gasteiger partial charge in [0.1, 0.15) is 12.4 Å². The molecule has 2 aromatic carbocycles. The van der Waals surface area contributed by atoms with Crippen molar-refractivity contribution in [2.24, 2.45) is 5.41 Å². The van der Waals surface area contributed by atoms with Crippen molar-refractivity contribution in [3.8, 4) is 16.9 Å². The third kappa shape index (κ3) is 2.89. The van der Waals surface area contributed by atoms with E-state index in [2.05, 4.69) is 50.0 Å². The molecule has 160 valence electrons. The van der Waals surface area contributed by atoms with Crippen LogP contribution in [0.3, 0.4) is 0 Å². The molecule has 3 aliphatic rings. The smallest absolute Gasteiger partial charge is 0.143 e. The molecule has 0 bridgehead atoms. The Morgan fingerprint density at radius 1 is 1.20 bits per heavy atom. The number of rotatable bonds is 2. The second-order valence-corrected chi connectivity index (χ2v) is 10.9. The highest BCUT2D eigenvalue weighted by molar-refractivity contribution is 6.36. The third-order valence-electron chi connectivity index (χ3n) is 7.49. The Balaban J connectivity index is 1.73. The second-order valence-electron chi connectivity index (χ2n) is 10.1. The molecule has 5 heteroatoms. The summed E-state index contributed by atoms with van der Waals surface area (Å²) in [5, 5.41) is 4.99. The first kappa shape index (κ1) is 20.5. The fourth-order valence-corrected chi connectivity index (χ4v) is 6.43. The van der Waals surface area contributed by atoms with Crippen molar-refractivity contribution in [1.82, 2.24) is 5.32 Å². The number of fused-ring (bicyclic) bond motifs is 3. The molecule has 3 heterocycles. The molecule has 0 amide bonds. The van der Waals surface area contributed by atoms with Gasteiger partial charge in [-0.05, 0) is 60.2 Å². The predicted octanol–water partition coefficient (Wildman–Crippen LogP) is 6.51. The Hall–Kier alpha value is -1.42. The first-order chi connectivity index (χ1) is 14.3. The second kappa shape index (κ2) is 7.05. The highest BCUT2D eigenvalue weighted by Gasteiger charge is 2.57. The molecule has 1 saturated heterocycles. The number of hydrogen-bond acceptors (Lipinski definition) is 3. The standard InChI is InChI=1S/C25H30Cl2N2O/c1-5-25-8-9-28-13-19(25)18-10-15(17-7-6-16(26)12-20(17)27)11-21-23(18)29(25)22(14-30-21)24(2,3)4/h6-7,10-12,19,22,28H,5,8-9,13-14H2,1-4H3. The van der Waals surface area contributed by atoms with Gasteiger partial charge in [0.25, 0.3) is 0 Å². The maximum absolute atomic E-state index is 6.58. The van der Waals surface area contributed by atoms with Crippen LogP contribution in [0.4, 0.5) is 5.69 Å². The summed E-state index contributed by atoms with van der Waals surface area (Å²) in [5.74, 6) is 1.44. The van der Waals surface area contributed by atoms with E-state index in [1.165, 1.54) is 11.3 Å². The van der Waals surface area contributed by atoms with Crippen molar-refractivity contribution < 1.29 is 4.74 Å². The van der Waals surface area contributed by atoms with E-state index in [9.17, 15) is 0 Å². The molecule has 5 rings (SSSR count). The zero-order valence-corrected chi connectivity index (χ0v) is 19.7. The lowest BCUT2D eigenvalue weighted by Gasteiger charge is -2.54. The zero-order chi connectivity index (χ0) is 21.3. The molecule has 3 unspecified atom stereocenters. The molecule has 0 aliphatic carbocycles. The highest BCUT2D eigenvalue weighted by Crippen LogP contribution is 2.60. The van der Waals surface area contributed by atoms with Gasteiger partial charge in [0, 0.05) is 33.6 Å². The van der Waals surface area contributed by atoms with Gasteiger partial charge in [-0.2, -0.15) is 0 Å². The molecule has 0 saturated carbocycles. The molecule has 3 atom stereocenters. The Morgan fingerprint density at radius 3 is 2.70 bits per heavy atom. The average Bonchev–Trinajstić information content (AvgIpc) is 3.00. The normalized spacial score (nSPS) is 27.5. The SMILES string of the molecule is CCC12CCNCC1c1cc(-c3ccc(Cl)cc3Cl)cc3c1N2C(C(C)(C)C)CO3. The number of hydrogen-bond donors (Lipinski definition) is 1. The molecule has 0 radical (unpaired) electrons. The maximum atomic E-state index is 6.58. The third-order valence-corrected chi connectivity index (χ3v) is 8.04. The molecule has 30 heavy (non-hydrogen) atoms. The molecular weight excluding hydrogens is 415 g/mol. The van der Waals surface area contributed by atoms with Crippen molar-refractivity contribution >= 4 is 28.9 Å². The summed E-state index contributed by atoms with van der Waals surface area (Å²) < 4.78 is 6.44. The topological polar surface area (TPSA) is 24.5 Å². The Bertz CT molecular complexity index is 999. The summed E-state index contributed by atoms with van der Waals surface area (Å²) in [6.45, 7) is 12.2. The van der Waals surface area contributed by atoms with Crippen molar-refractivity contribution in [3.63, 3.8) is 0 Å². The minimum Gasteiger partial charge on any atom is -0.489 e. The van der Waals surface area contributed by atoms with E-state index in [0.717, 1.165) is 49.4 Å². The molecule has 1 fully saturated rings. The quantitative estimate of drug-likeness (QED) is 0.570. The minimum atomic E-state index is 0.134. The average molecular weight is 445 g/mol. The first-order valence-corrected chi connectivity index (χ1v) is 11.8. The number of piperidine rings is 1. The van der Waals surface area contributed by atoms with E-state index in [0.29, 0.717) is 22.0 Å². The van der Waals surface area contributed by atoms with Crippen LogP contribution in [-0.2, 0) is 0 Å². The molecule has 3 nitrogen and oxygen atoms in total. The zero-order valence-electron chi connectivity index (χ0n) is 18.2. The van der Waals surface area contributed by atoms with Crippen LogP contribution in [0.1, 0.15) is 52.0 Å². The number of benzene rings is 2. The van der Waals surface area contributed by atoms with E-state index in [-0.39, 0.29) is 11.0 Å². The fraction of sp³-hybridized carbons (Fsp3) is 0.520. The first-order valence-electron chi connectivity index (χ1n) is 11.0. The van der Waals surface area contributed by atoms with E-state index in [1.807, 2.05) is 18.2 Å². The summed E-state index contributed by atoms with van der Waals surface area (Å²) >= 11 is 12.7. The molecule has 2 aromatic rings. The monoisotopic (exact) mass is 444 g/mol. The van der Waals surface area contributed by atoms with Crippen molar-refractivity contribution in [2.75, 3.05) is 24.6 Å². The lowest BCUT2D eigenvalue weighted by molar-refractivity contribution is 0.136. The number of halogens is 2. The van der Waals surface area contributed by atoms with E-state index in [1.54, 1.807) is 0 Å². The van der Waals surface area contributed by atoms with Gasteiger partial charge in [-0.1, -0.05) is 57.0 Å². The van der Waals surface area contributed by atoms with Crippen LogP contribution in [0.25, 0.3) is 11.1 Å². The Morgan fingerprint density at radius 2 is 2.00 bits per heavy atom. The van der Waals surface area contributed by atoms with E-state index in [4.69, 9.17) is 27.9 Å². The van der Waals surface area contributed by atoms with Crippen molar-refractivity contribution in [1.29, 1.82) is 0 Å². The van der Waals surface area contributed by atoms with E-state index < -0.39 is 0 Å². The van der Waals surface area contributed by atoms with Gasteiger partial charge in [-0.25, -0.2) is 0 Å².